The first-order chi connectivity index (χ1) is 15.6. The highest BCUT2D eigenvalue weighted by Crippen LogP contribution is 2.27. The summed E-state index contributed by atoms with van der Waals surface area (Å²) in [5, 5.41) is 23.7. The van der Waals surface area contributed by atoms with E-state index in [0.717, 1.165) is 36.5 Å². The summed E-state index contributed by atoms with van der Waals surface area (Å²) in [6, 6.07) is 9.40. The van der Waals surface area contributed by atoms with Crippen LogP contribution >= 0.6 is 11.3 Å². The Kier molecular flexibility index (Phi) is 6.76. The lowest BCUT2D eigenvalue weighted by Crippen LogP contribution is -2.26. The number of aryl methyl sites for hydroxylation is 1. The van der Waals surface area contributed by atoms with Crippen LogP contribution in [0, 0.1) is 6.92 Å². The second-order valence-electron chi connectivity index (χ2n) is 7.46. The van der Waals surface area contributed by atoms with Gasteiger partial charge in [-0.3, -0.25) is 10.1 Å². The third-order valence-electron chi connectivity index (χ3n) is 5.17. The molecule has 1 fully saturated rings. The lowest BCUT2D eigenvalue weighted by atomic mass is 10.1. The Morgan fingerprint density at radius 1 is 1.19 bits per heavy atom. The minimum Gasteiger partial charge on any atom is -0.497 e. The fourth-order valence-corrected chi connectivity index (χ4v) is 4.26. The molecule has 1 aliphatic heterocycles. The van der Waals surface area contributed by atoms with Gasteiger partial charge in [0, 0.05) is 26.2 Å². The van der Waals surface area contributed by atoms with E-state index in [9.17, 15) is 4.79 Å². The monoisotopic (exact) mass is 455 g/mol. The maximum atomic E-state index is 12.7. The van der Waals surface area contributed by atoms with Gasteiger partial charge in [-0.05, 0) is 42.7 Å². The molecule has 2 N–H and O–H groups in total. The van der Waals surface area contributed by atoms with Crippen LogP contribution in [0.3, 0.4) is 0 Å². The molecule has 2 aromatic heterocycles. The summed E-state index contributed by atoms with van der Waals surface area (Å²) in [6.45, 7) is 3.68. The number of anilines is 3. The molecule has 3 aromatic rings. The predicted molar refractivity (Wildman–Crippen MR) is 122 cm³/mol. The van der Waals surface area contributed by atoms with Gasteiger partial charge in [0.15, 0.2) is 11.9 Å². The van der Waals surface area contributed by atoms with Crippen LogP contribution in [0.4, 0.5) is 16.1 Å². The molecule has 168 valence electrons. The van der Waals surface area contributed by atoms with Gasteiger partial charge >= 0.3 is 0 Å². The number of aromatic nitrogens is 4. The molecule has 0 spiro atoms. The molecule has 0 saturated carbocycles. The van der Waals surface area contributed by atoms with Crippen LogP contribution in [0.25, 0.3) is 0 Å². The molecule has 10 nitrogen and oxygen atoms in total. The molecule has 0 aliphatic carbocycles. The van der Waals surface area contributed by atoms with Crippen LogP contribution in [0.1, 0.15) is 23.7 Å². The molecule has 1 aliphatic rings. The SMILES string of the molecule is COc1ccc(C(OC)C(=O)Nc2nnc(N[C@@H]3CCN(c4cc(C)cnn4)C3)s2)cc1. The standard InChI is InChI=1S/C21H25N7O3S/c1-13-10-17(25-22-11-13)28-9-8-15(12-28)23-20-26-27-21(32-20)24-19(29)18(31-3)14-4-6-16(30-2)7-5-14/h4-7,10-11,15,18H,8-9,12H2,1-3H3,(H,23,26)(H,24,27,29)/t15-,18?/m1/s1. The Bertz CT molecular complexity index is 1060. The molecule has 1 aromatic carbocycles. The normalized spacial score (nSPS) is 16.6. The minimum atomic E-state index is -0.764. The second-order valence-corrected chi connectivity index (χ2v) is 8.44. The van der Waals surface area contributed by atoms with Gasteiger partial charge < -0.3 is 19.7 Å². The Hall–Kier alpha value is -3.31. The average Bonchev–Trinajstić information content (AvgIpc) is 3.44. The summed E-state index contributed by atoms with van der Waals surface area (Å²) in [5.41, 5.74) is 1.80. The summed E-state index contributed by atoms with van der Waals surface area (Å²) >= 11 is 1.29. The number of carbonyl (C=O) groups excluding carboxylic acids is 1. The Balaban J connectivity index is 1.33. The molecule has 0 radical (unpaired) electrons. The summed E-state index contributed by atoms with van der Waals surface area (Å²) in [6.07, 6.45) is 1.93. The van der Waals surface area contributed by atoms with E-state index in [1.807, 2.05) is 13.0 Å². The zero-order chi connectivity index (χ0) is 22.5. The molecular weight excluding hydrogens is 430 g/mol. The van der Waals surface area contributed by atoms with Crippen LogP contribution in [0.15, 0.2) is 36.5 Å². The molecule has 4 rings (SSSR count). The number of amides is 1. The fraction of sp³-hybridized carbons (Fsp3) is 0.381. The van der Waals surface area contributed by atoms with Crippen LogP contribution in [0.2, 0.25) is 0 Å². The van der Waals surface area contributed by atoms with Crippen molar-refractivity contribution >= 4 is 33.3 Å². The first-order valence-electron chi connectivity index (χ1n) is 10.2. The van der Waals surface area contributed by atoms with E-state index in [1.165, 1.54) is 18.4 Å². The third-order valence-corrected chi connectivity index (χ3v) is 5.94. The van der Waals surface area contributed by atoms with Gasteiger partial charge in [0.2, 0.25) is 10.3 Å². The quantitative estimate of drug-likeness (QED) is 0.529. The number of methoxy groups -OCH3 is 2. The van der Waals surface area contributed by atoms with Crippen molar-refractivity contribution in [3.63, 3.8) is 0 Å². The predicted octanol–water partition coefficient (Wildman–Crippen LogP) is 2.66. The summed E-state index contributed by atoms with van der Waals surface area (Å²) in [5.74, 6) is 1.28. The molecule has 1 unspecified atom stereocenters. The van der Waals surface area contributed by atoms with Gasteiger partial charge in [0.1, 0.15) is 5.75 Å². The van der Waals surface area contributed by atoms with Gasteiger partial charge in [-0.1, -0.05) is 23.5 Å². The van der Waals surface area contributed by atoms with E-state index in [1.54, 1.807) is 37.6 Å². The molecule has 3 heterocycles. The van der Waals surface area contributed by atoms with Crippen molar-refractivity contribution in [3.05, 3.63) is 47.7 Å². The van der Waals surface area contributed by atoms with E-state index >= 15 is 0 Å². The van der Waals surface area contributed by atoms with Crippen molar-refractivity contribution in [1.82, 2.24) is 20.4 Å². The highest BCUT2D eigenvalue weighted by atomic mass is 32.1. The van der Waals surface area contributed by atoms with Gasteiger partial charge in [-0.15, -0.1) is 15.3 Å². The minimum absolute atomic E-state index is 0.208. The van der Waals surface area contributed by atoms with Gasteiger partial charge in [-0.2, -0.15) is 5.10 Å². The van der Waals surface area contributed by atoms with Crippen LogP contribution in [-0.4, -0.2) is 59.7 Å². The number of hydrogen-bond donors (Lipinski definition) is 2. The Labute approximate surface area is 190 Å². The number of nitrogens with one attached hydrogen (secondary N) is 2. The number of nitrogens with zero attached hydrogens (tertiary/aromatic N) is 5. The number of hydrogen-bond acceptors (Lipinski definition) is 10. The van der Waals surface area contributed by atoms with E-state index in [0.29, 0.717) is 16.0 Å². The molecule has 32 heavy (non-hydrogen) atoms. The zero-order valence-corrected chi connectivity index (χ0v) is 18.9. The van der Waals surface area contributed by atoms with Crippen molar-refractivity contribution in [1.29, 1.82) is 0 Å². The first-order valence-corrected chi connectivity index (χ1v) is 11.0. The van der Waals surface area contributed by atoms with E-state index in [4.69, 9.17) is 9.47 Å². The number of benzene rings is 1. The smallest absolute Gasteiger partial charge is 0.259 e. The lowest BCUT2D eigenvalue weighted by Gasteiger charge is -2.17. The molecule has 2 atom stereocenters. The van der Waals surface area contributed by atoms with E-state index in [2.05, 4.69) is 35.9 Å². The van der Waals surface area contributed by atoms with Crippen molar-refractivity contribution in [3.8, 4) is 5.75 Å². The highest BCUT2D eigenvalue weighted by molar-refractivity contribution is 7.19. The molecule has 11 heteroatoms. The Morgan fingerprint density at radius 3 is 2.69 bits per heavy atom. The number of rotatable bonds is 8. The van der Waals surface area contributed by atoms with Crippen LogP contribution in [-0.2, 0) is 9.53 Å². The molecular formula is C21H25N7O3S. The maximum absolute atomic E-state index is 12.7. The van der Waals surface area contributed by atoms with Crippen LogP contribution in [0.5, 0.6) is 5.75 Å². The Morgan fingerprint density at radius 2 is 1.97 bits per heavy atom. The summed E-state index contributed by atoms with van der Waals surface area (Å²) in [7, 11) is 3.09. The number of carbonyl (C=O) groups is 1. The molecule has 1 saturated heterocycles. The summed E-state index contributed by atoms with van der Waals surface area (Å²) in [4.78, 5) is 14.9. The zero-order valence-electron chi connectivity index (χ0n) is 18.1. The van der Waals surface area contributed by atoms with Crippen molar-refractivity contribution in [2.24, 2.45) is 0 Å². The summed E-state index contributed by atoms with van der Waals surface area (Å²) < 4.78 is 10.6. The first kappa shape index (κ1) is 21.9. The largest absolute Gasteiger partial charge is 0.497 e. The van der Waals surface area contributed by atoms with Gasteiger partial charge in [0.05, 0.1) is 13.3 Å². The van der Waals surface area contributed by atoms with Crippen molar-refractivity contribution in [2.75, 3.05) is 42.8 Å². The van der Waals surface area contributed by atoms with Crippen molar-refractivity contribution < 1.29 is 14.3 Å². The average molecular weight is 456 g/mol. The van der Waals surface area contributed by atoms with Crippen LogP contribution < -0.4 is 20.3 Å². The fourth-order valence-electron chi connectivity index (χ4n) is 3.54. The van der Waals surface area contributed by atoms with E-state index < -0.39 is 6.10 Å². The van der Waals surface area contributed by atoms with Gasteiger partial charge in [0.25, 0.3) is 5.91 Å². The van der Waals surface area contributed by atoms with Crippen molar-refractivity contribution in [2.45, 2.75) is 25.5 Å². The highest BCUT2D eigenvalue weighted by Gasteiger charge is 2.26. The topological polar surface area (TPSA) is 114 Å². The second kappa shape index (κ2) is 9.88. The lowest BCUT2D eigenvalue weighted by molar-refractivity contribution is -0.126. The molecule has 1 amide bonds. The third kappa shape index (κ3) is 5.11. The molecule has 0 bridgehead atoms. The number of ether oxygens (including phenoxy) is 2. The van der Waals surface area contributed by atoms with Gasteiger partial charge in [-0.25, -0.2) is 0 Å². The van der Waals surface area contributed by atoms with E-state index in [-0.39, 0.29) is 11.9 Å². The maximum Gasteiger partial charge on any atom is 0.259 e.